The Bertz CT molecular complexity index is 715. The lowest BCUT2D eigenvalue weighted by Crippen LogP contribution is -2.34. The number of nitrogens with one attached hydrogen (secondary N) is 1. The third kappa shape index (κ3) is 5.52. The Hall–Kier alpha value is -1.54. The molecule has 0 aliphatic carbocycles. The van der Waals surface area contributed by atoms with Gasteiger partial charge >= 0.3 is 5.97 Å². The Morgan fingerprint density at radius 2 is 2.04 bits per heavy atom. The highest BCUT2D eigenvalue weighted by Crippen LogP contribution is 2.33. The highest BCUT2D eigenvalue weighted by Gasteiger charge is 2.29. The highest BCUT2D eigenvalue weighted by molar-refractivity contribution is 8.02. The number of carbonyl (C=O) groups is 2. The molecular formula is C16H21NO5S2. The summed E-state index contributed by atoms with van der Waals surface area (Å²) in [5.74, 6) is -0.631. The maximum atomic E-state index is 12.2. The summed E-state index contributed by atoms with van der Waals surface area (Å²) in [6.45, 7) is 3.30. The Morgan fingerprint density at radius 3 is 2.67 bits per heavy atom. The second kappa shape index (κ2) is 8.02. The van der Waals surface area contributed by atoms with Crippen molar-refractivity contribution in [3.05, 3.63) is 29.8 Å². The van der Waals surface area contributed by atoms with E-state index in [4.69, 9.17) is 4.74 Å². The lowest BCUT2D eigenvalue weighted by atomic mass is 10.2. The average Bonchev–Trinajstić information content (AvgIpc) is 2.83. The van der Waals surface area contributed by atoms with Gasteiger partial charge in [-0.2, -0.15) is 0 Å². The van der Waals surface area contributed by atoms with Gasteiger partial charge in [0.1, 0.15) is 0 Å². The zero-order chi connectivity index (χ0) is 17.7. The maximum Gasteiger partial charge on any atom is 0.339 e. The van der Waals surface area contributed by atoms with Crippen LogP contribution in [0.25, 0.3) is 0 Å². The zero-order valence-electron chi connectivity index (χ0n) is 13.7. The van der Waals surface area contributed by atoms with Crippen LogP contribution in [0.3, 0.4) is 0 Å². The first kappa shape index (κ1) is 18.8. The molecule has 1 amide bonds. The fraction of sp³-hybridized carbons (Fsp3) is 0.500. The Labute approximate surface area is 146 Å². The monoisotopic (exact) mass is 371 g/mol. The second-order valence-electron chi connectivity index (χ2n) is 5.94. The standard InChI is InChI=1S/C16H21NO5S2/c1-11(2)17-15(18)9-22-16(19)13-5-3-4-6-14(13)23-12-7-8-24(20,21)10-12/h3-6,11-12H,7-10H2,1-2H3,(H,17,18)/t12-/m1/s1. The Kier molecular flexibility index (Phi) is 6.28. The fourth-order valence-corrected chi connectivity index (χ4v) is 5.96. The largest absolute Gasteiger partial charge is 0.452 e. The predicted molar refractivity (Wildman–Crippen MR) is 92.9 cm³/mol. The minimum Gasteiger partial charge on any atom is -0.452 e. The van der Waals surface area contributed by atoms with Gasteiger partial charge in [0.15, 0.2) is 16.4 Å². The van der Waals surface area contributed by atoms with Crippen molar-refractivity contribution in [3.8, 4) is 0 Å². The van der Waals surface area contributed by atoms with Gasteiger partial charge in [0.05, 0.1) is 17.1 Å². The molecule has 1 aromatic rings. The van der Waals surface area contributed by atoms with E-state index in [1.54, 1.807) is 24.3 Å². The number of ether oxygens (including phenoxy) is 1. The van der Waals surface area contributed by atoms with Gasteiger partial charge in [-0.1, -0.05) is 12.1 Å². The first-order valence-corrected chi connectivity index (χ1v) is 10.4. The molecule has 0 radical (unpaired) electrons. The van der Waals surface area contributed by atoms with Gasteiger partial charge < -0.3 is 10.1 Å². The van der Waals surface area contributed by atoms with E-state index in [0.717, 1.165) is 0 Å². The minimum atomic E-state index is -2.97. The third-order valence-corrected chi connectivity index (χ3v) is 6.70. The predicted octanol–water partition coefficient (Wildman–Crippen LogP) is 1.65. The van der Waals surface area contributed by atoms with E-state index in [1.165, 1.54) is 11.8 Å². The van der Waals surface area contributed by atoms with Crippen molar-refractivity contribution in [1.29, 1.82) is 0 Å². The van der Waals surface area contributed by atoms with E-state index < -0.39 is 15.8 Å². The van der Waals surface area contributed by atoms with Crippen LogP contribution in [0.1, 0.15) is 30.6 Å². The normalized spacial score (nSPS) is 19.2. The smallest absolute Gasteiger partial charge is 0.339 e. The summed E-state index contributed by atoms with van der Waals surface area (Å²) in [7, 11) is -2.97. The second-order valence-corrected chi connectivity index (χ2v) is 9.51. The van der Waals surface area contributed by atoms with Crippen LogP contribution >= 0.6 is 11.8 Å². The quantitative estimate of drug-likeness (QED) is 0.765. The molecule has 1 atom stereocenters. The molecule has 0 aromatic heterocycles. The molecule has 0 saturated carbocycles. The van der Waals surface area contributed by atoms with E-state index in [1.807, 2.05) is 13.8 Å². The number of benzene rings is 1. The molecule has 0 spiro atoms. The third-order valence-electron chi connectivity index (χ3n) is 3.38. The van der Waals surface area contributed by atoms with E-state index in [-0.39, 0.29) is 35.3 Å². The van der Waals surface area contributed by atoms with Crippen LogP contribution in [-0.2, 0) is 19.4 Å². The van der Waals surface area contributed by atoms with Crippen molar-refractivity contribution < 1.29 is 22.7 Å². The minimum absolute atomic E-state index is 0.0247. The number of esters is 1. The average molecular weight is 371 g/mol. The van der Waals surface area contributed by atoms with Gasteiger partial charge in [-0.3, -0.25) is 4.79 Å². The van der Waals surface area contributed by atoms with Gasteiger partial charge in [-0.05, 0) is 32.4 Å². The van der Waals surface area contributed by atoms with Crippen LogP contribution < -0.4 is 5.32 Å². The van der Waals surface area contributed by atoms with Crippen molar-refractivity contribution in [1.82, 2.24) is 5.32 Å². The molecule has 1 N–H and O–H groups in total. The number of sulfone groups is 1. The van der Waals surface area contributed by atoms with Crippen molar-refractivity contribution in [2.75, 3.05) is 18.1 Å². The number of hydrogen-bond acceptors (Lipinski definition) is 6. The Morgan fingerprint density at radius 1 is 1.33 bits per heavy atom. The molecule has 6 nitrogen and oxygen atoms in total. The van der Waals surface area contributed by atoms with Crippen LogP contribution in [0, 0.1) is 0 Å². The molecule has 0 bridgehead atoms. The van der Waals surface area contributed by atoms with Gasteiger partial charge in [-0.25, -0.2) is 13.2 Å². The van der Waals surface area contributed by atoms with Gasteiger partial charge in [0, 0.05) is 16.2 Å². The molecule has 1 saturated heterocycles. The van der Waals surface area contributed by atoms with E-state index in [9.17, 15) is 18.0 Å². The molecular weight excluding hydrogens is 350 g/mol. The summed E-state index contributed by atoms with van der Waals surface area (Å²) in [4.78, 5) is 24.5. The zero-order valence-corrected chi connectivity index (χ0v) is 15.3. The molecule has 1 heterocycles. The molecule has 2 rings (SSSR count). The lowest BCUT2D eigenvalue weighted by molar-refractivity contribution is -0.124. The topological polar surface area (TPSA) is 89.5 Å². The molecule has 24 heavy (non-hydrogen) atoms. The summed E-state index contributed by atoms with van der Waals surface area (Å²) in [5.41, 5.74) is 0.351. The Balaban J connectivity index is 2.00. The maximum absolute atomic E-state index is 12.2. The fourth-order valence-electron chi connectivity index (χ4n) is 2.34. The van der Waals surface area contributed by atoms with Crippen LogP contribution in [0.2, 0.25) is 0 Å². The van der Waals surface area contributed by atoms with Crippen molar-refractivity contribution in [3.63, 3.8) is 0 Å². The molecule has 1 aromatic carbocycles. The summed E-state index contributed by atoms with van der Waals surface area (Å²) in [6, 6.07) is 6.85. The van der Waals surface area contributed by atoms with Gasteiger partial charge in [0.25, 0.3) is 5.91 Å². The molecule has 8 heteroatoms. The molecule has 0 unspecified atom stereocenters. The van der Waals surface area contributed by atoms with Crippen molar-refractivity contribution in [2.45, 2.75) is 36.5 Å². The number of amides is 1. The molecule has 1 fully saturated rings. The summed E-state index contributed by atoms with van der Waals surface area (Å²) in [5, 5.41) is 2.58. The number of hydrogen-bond donors (Lipinski definition) is 1. The first-order valence-electron chi connectivity index (χ1n) is 7.69. The molecule has 1 aliphatic rings. The molecule has 1 aliphatic heterocycles. The first-order chi connectivity index (χ1) is 11.3. The molecule has 132 valence electrons. The summed E-state index contributed by atoms with van der Waals surface area (Å²) >= 11 is 1.37. The number of carbonyl (C=O) groups excluding carboxylic acids is 2. The van der Waals surface area contributed by atoms with E-state index in [2.05, 4.69) is 5.32 Å². The summed E-state index contributed by atoms with van der Waals surface area (Å²) in [6.07, 6.45) is 0.577. The number of rotatable bonds is 6. The van der Waals surface area contributed by atoms with Crippen LogP contribution in [0.4, 0.5) is 0 Å². The van der Waals surface area contributed by atoms with E-state index in [0.29, 0.717) is 16.9 Å². The SMILES string of the molecule is CC(C)NC(=O)COC(=O)c1ccccc1S[C@@H]1CCS(=O)(=O)C1. The van der Waals surface area contributed by atoms with E-state index >= 15 is 0 Å². The van der Waals surface area contributed by atoms with Crippen molar-refractivity contribution >= 4 is 33.5 Å². The van der Waals surface area contributed by atoms with Crippen LogP contribution in [-0.4, -0.2) is 49.7 Å². The van der Waals surface area contributed by atoms with Crippen LogP contribution in [0.5, 0.6) is 0 Å². The van der Waals surface area contributed by atoms with Gasteiger partial charge in [0.2, 0.25) is 0 Å². The van der Waals surface area contributed by atoms with Gasteiger partial charge in [-0.15, -0.1) is 11.8 Å². The summed E-state index contributed by atoms with van der Waals surface area (Å²) < 4.78 is 28.2. The highest BCUT2D eigenvalue weighted by atomic mass is 32.2. The number of thioether (sulfide) groups is 1. The van der Waals surface area contributed by atoms with Crippen LogP contribution in [0.15, 0.2) is 29.2 Å². The lowest BCUT2D eigenvalue weighted by Gasteiger charge is -2.13. The van der Waals surface area contributed by atoms with Crippen molar-refractivity contribution in [2.24, 2.45) is 0 Å².